The Bertz CT molecular complexity index is 721. The van der Waals surface area contributed by atoms with Crippen molar-refractivity contribution in [2.24, 2.45) is 5.92 Å². The molecule has 2 fully saturated rings. The van der Waals surface area contributed by atoms with Gasteiger partial charge in [-0.15, -0.1) is 0 Å². The van der Waals surface area contributed by atoms with Crippen LogP contribution in [0.1, 0.15) is 30.1 Å². The SMILES string of the molecule is O[C@H](c1ccc(F)cc1)C1CCC2CN(CCc3ccccc3)CCN2C1. The maximum atomic E-state index is 13.1. The first-order valence-corrected chi connectivity index (χ1v) is 10.1. The van der Waals surface area contributed by atoms with Crippen LogP contribution >= 0.6 is 0 Å². The molecule has 2 aromatic carbocycles. The number of piperazine rings is 1. The molecule has 0 spiro atoms. The molecule has 2 heterocycles. The van der Waals surface area contributed by atoms with E-state index in [0.717, 1.165) is 57.5 Å². The molecule has 0 radical (unpaired) electrons. The van der Waals surface area contributed by atoms with Gasteiger partial charge < -0.3 is 10.0 Å². The van der Waals surface area contributed by atoms with Crippen LogP contribution in [0.5, 0.6) is 0 Å². The maximum Gasteiger partial charge on any atom is 0.123 e. The number of aliphatic hydroxyl groups is 1. The Kier molecular flexibility index (Phi) is 5.86. The van der Waals surface area contributed by atoms with E-state index in [1.54, 1.807) is 12.1 Å². The van der Waals surface area contributed by atoms with E-state index in [2.05, 4.69) is 40.1 Å². The topological polar surface area (TPSA) is 26.7 Å². The summed E-state index contributed by atoms with van der Waals surface area (Å²) in [5.41, 5.74) is 2.24. The predicted molar refractivity (Wildman–Crippen MR) is 106 cm³/mol. The average molecular weight is 368 g/mol. The molecular weight excluding hydrogens is 339 g/mol. The highest BCUT2D eigenvalue weighted by Gasteiger charge is 2.35. The fourth-order valence-electron chi connectivity index (χ4n) is 4.60. The average Bonchev–Trinajstić information content (AvgIpc) is 2.72. The number of hydrogen-bond acceptors (Lipinski definition) is 3. The van der Waals surface area contributed by atoms with E-state index in [0.29, 0.717) is 6.04 Å². The highest BCUT2D eigenvalue weighted by molar-refractivity contribution is 5.19. The maximum absolute atomic E-state index is 13.1. The first-order valence-electron chi connectivity index (χ1n) is 10.1. The second kappa shape index (κ2) is 8.51. The number of piperidine rings is 1. The zero-order valence-electron chi connectivity index (χ0n) is 15.8. The van der Waals surface area contributed by atoms with Crippen LogP contribution in [-0.4, -0.2) is 53.7 Å². The number of hydrogen-bond donors (Lipinski definition) is 1. The van der Waals surface area contributed by atoms with Gasteiger partial charge in [0.2, 0.25) is 0 Å². The molecule has 144 valence electrons. The van der Waals surface area contributed by atoms with E-state index in [4.69, 9.17) is 0 Å². The van der Waals surface area contributed by atoms with Gasteiger partial charge in [-0.25, -0.2) is 4.39 Å². The van der Waals surface area contributed by atoms with Gasteiger partial charge in [-0.2, -0.15) is 0 Å². The number of benzene rings is 2. The third-order valence-corrected chi connectivity index (χ3v) is 6.25. The van der Waals surface area contributed by atoms with Crippen molar-refractivity contribution in [2.45, 2.75) is 31.4 Å². The zero-order valence-corrected chi connectivity index (χ0v) is 15.8. The standard InChI is InChI=1S/C23H29FN2O/c24-21-9-6-19(7-10-21)23(27)20-8-11-22-17-25(14-15-26(22)16-20)13-12-18-4-2-1-3-5-18/h1-7,9-10,20,22-23,27H,8,11-17H2/t20?,22?,23-/m1/s1. The van der Waals surface area contributed by atoms with Gasteiger partial charge in [0.1, 0.15) is 5.82 Å². The third-order valence-electron chi connectivity index (χ3n) is 6.25. The van der Waals surface area contributed by atoms with Crippen LogP contribution in [0.2, 0.25) is 0 Å². The molecule has 0 aliphatic carbocycles. The number of halogens is 1. The van der Waals surface area contributed by atoms with Crippen LogP contribution in [0.3, 0.4) is 0 Å². The molecule has 2 saturated heterocycles. The van der Waals surface area contributed by atoms with Crippen molar-refractivity contribution in [3.63, 3.8) is 0 Å². The number of fused-ring (bicyclic) bond motifs is 1. The number of aliphatic hydroxyl groups excluding tert-OH is 1. The lowest BCUT2D eigenvalue weighted by Gasteiger charge is -2.47. The Hall–Kier alpha value is -1.75. The summed E-state index contributed by atoms with van der Waals surface area (Å²) in [6.07, 6.45) is 2.78. The summed E-state index contributed by atoms with van der Waals surface area (Å²) < 4.78 is 13.1. The van der Waals surface area contributed by atoms with Crippen LogP contribution < -0.4 is 0 Å². The van der Waals surface area contributed by atoms with Crippen LogP contribution in [-0.2, 0) is 6.42 Å². The molecule has 0 amide bonds. The minimum atomic E-state index is -0.498. The van der Waals surface area contributed by atoms with E-state index in [9.17, 15) is 9.50 Å². The number of rotatable bonds is 5. The van der Waals surface area contributed by atoms with Gasteiger partial charge in [-0.3, -0.25) is 4.90 Å². The molecule has 2 aliphatic rings. The van der Waals surface area contributed by atoms with Crippen LogP contribution in [0.25, 0.3) is 0 Å². The molecule has 4 heteroatoms. The van der Waals surface area contributed by atoms with E-state index >= 15 is 0 Å². The zero-order chi connectivity index (χ0) is 18.6. The van der Waals surface area contributed by atoms with Gasteiger partial charge in [0.25, 0.3) is 0 Å². The van der Waals surface area contributed by atoms with Crippen molar-refractivity contribution < 1.29 is 9.50 Å². The van der Waals surface area contributed by atoms with Crippen molar-refractivity contribution in [3.8, 4) is 0 Å². The normalized spacial score (nSPS) is 25.1. The second-order valence-corrected chi connectivity index (χ2v) is 8.02. The molecule has 0 saturated carbocycles. The summed E-state index contributed by atoms with van der Waals surface area (Å²) in [4.78, 5) is 5.14. The van der Waals surface area contributed by atoms with Crippen LogP contribution in [0.4, 0.5) is 4.39 Å². The quantitative estimate of drug-likeness (QED) is 0.875. The van der Waals surface area contributed by atoms with Crippen molar-refractivity contribution in [2.75, 3.05) is 32.7 Å². The number of nitrogens with zero attached hydrogens (tertiary/aromatic N) is 2. The molecule has 2 aliphatic heterocycles. The summed E-state index contributed by atoms with van der Waals surface area (Å²) in [5.74, 6) is -0.0103. The molecule has 2 aromatic rings. The summed E-state index contributed by atoms with van der Waals surface area (Å²) >= 11 is 0. The monoisotopic (exact) mass is 368 g/mol. The summed E-state index contributed by atoms with van der Waals surface area (Å²) in [7, 11) is 0. The fourth-order valence-corrected chi connectivity index (χ4v) is 4.60. The lowest BCUT2D eigenvalue weighted by atomic mass is 9.85. The van der Waals surface area contributed by atoms with Crippen molar-refractivity contribution in [1.29, 1.82) is 0 Å². The fraction of sp³-hybridized carbons (Fsp3) is 0.478. The van der Waals surface area contributed by atoms with Gasteiger partial charge in [0.05, 0.1) is 6.10 Å². The third kappa shape index (κ3) is 4.57. The first-order chi connectivity index (χ1) is 13.2. The Morgan fingerprint density at radius 3 is 2.52 bits per heavy atom. The Morgan fingerprint density at radius 2 is 1.74 bits per heavy atom. The molecule has 3 atom stereocenters. The minimum absolute atomic E-state index is 0.238. The van der Waals surface area contributed by atoms with Gasteiger partial charge in [0.15, 0.2) is 0 Å². The highest BCUT2D eigenvalue weighted by Crippen LogP contribution is 2.33. The van der Waals surface area contributed by atoms with Gasteiger partial charge in [-0.05, 0) is 42.5 Å². The van der Waals surface area contributed by atoms with Crippen molar-refractivity contribution in [3.05, 3.63) is 71.5 Å². The first kappa shape index (κ1) is 18.6. The van der Waals surface area contributed by atoms with Crippen molar-refractivity contribution >= 4 is 0 Å². The van der Waals surface area contributed by atoms with Gasteiger partial charge >= 0.3 is 0 Å². The molecule has 1 N–H and O–H groups in total. The molecule has 4 rings (SSSR count). The van der Waals surface area contributed by atoms with E-state index in [1.807, 2.05) is 0 Å². The Morgan fingerprint density at radius 1 is 0.963 bits per heavy atom. The summed E-state index contributed by atoms with van der Waals surface area (Å²) in [6, 6.07) is 17.6. The van der Waals surface area contributed by atoms with E-state index < -0.39 is 6.10 Å². The van der Waals surface area contributed by atoms with Crippen LogP contribution in [0, 0.1) is 11.7 Å². The van der Waals surface area contributed by atoms with E-state index in [1.165, 1.54) is 17.7 Å². The predicted octanol–water partition coefficient (Wildman–Crippen LogP) is 3.50. The summed E-state index contributed by atoms with van der Waals surface area (Å²) in [5, 5.41) is 10.7. The van der Waals surface area contributed by atoms with Gasteiger partial charge in [-0.1, -0.05) is 42.5 Å². The molecule has 0 bridgehead atoms. The Labute approximate surface area is 161 Å². The molecule has 3 nitrogen and oxygen atoms in total. The molecule has 2 unspecified atom stereocenters. The minimum Gasteiger partial charge on any atom is -0.388 e. The van der Waals surface area contributed by atoms with E-state index in [-0.39, 0.29) is 11.7 Å². The van der Waals surface area contributed by atoms with Crippen molar-refractivity contribution in [1.82, 2.24) is 9.80 Å². The largest absolute Gasteiger partial charge is 0.388 e. The van der Waals surface area contributed by atoms with Crippen LogP contribution in [0.15, 0.2) is 54.6 Å². The second-order valence-electron chi connectivity index (χ2n) is 8.02. The smallest absolute Gasteiger partial charge is 0.123 e. The molecular formula is C23H29FN2O. The van der Waals surface area contributed by atoms with Gasteiger partial charge in [0, 0.05) is 44.7 Å². The lowest BCUT2D eigenvalue weighted by molar-refractivity contribution is -0.0115. The highest BCUT2D eigenvalue weighted by atomic mass is 19.1. The lowest BCUT2D eigenvalue weighted by Crippen LogP contribution is -2.57. The Balaban J connectivity index is 1.29. The summed E-state index contributed by atoms with van der Waals surface area (Å²) in [6.45, 7) is 5.37. The molecule has 0 aromatic heterocycles. The molecule has 27 heavy (non-hydrogen) atoms.